The summed E-state index contributed by atoms with van der Waals surface area (Å²) in [6, 6.07) is 15.8. The van der Waals surface area contributed by atoms with Gasteiger partial charge in [-0.3, -0.25) is 4.79 Å². The van der Waals surface area contributed by atoms with Gasteiger partial charge in [-0.25, -0.2) is 0 Å². The van der Waals surface area contributed by atoms with Crippen LogP contribution in [0.25, 0.3) is 0 Å². The summed E-state index contributed by atoms with van der Waals surface area (Å²) in [5.74, 6) is 0.645. The van der Waals surface area contributed by atoms with Crippen LogP contribution >= 0.6 is 15.9 Å². The fourth-order valence-electron chi connectivity index (χ4n) is 2.40. The summed E-state index contributed by atoms with van der Waals surface area (Å²) in [5, 5.41) is 0. The van der Waals surface area contributed by atoms with E-state index >= 15 is 0 Å². The molecule has 0 heterocycles. The number of amides is 1. The standard InChI is InChI=1S/C19H22BrNO2/c1-3-21(4-2)19(22)17-14-16(20)10-11-18(17)23-13-12-15-8-6-5-7-9-15/h5-11,14H,3-4,12-13H2,1-2H3. The number of carbonyl (C=O) groups excluding carboxylic acids is 1. The smallest absolute Gasteiger partial charge is 0.257 e. The van der Waals surface area contributed by atoms with Gasteiger partial charge in [0, 0.05) is 24.0 Å². The molecular weight excluding hydrogens is 354 g/mol. The molecule has 0 aliphatic carbocycles. The van der Waals surface area contributed by atoms with E-state index in [2.05, 4.69) is 28.1 Å². The van der Waals surface area contributed by atoms with Gasteiger partial charge in [-0.2, -0.15) is 0 Å². The van der Waals surface area contributed by atoms with Gasteiger partial charge in [-0.15, -0.1) is 0 Å². The van der Waals surface area contributed by atoms with Crippen LogP contribution < -0.4 is 4.74 Å². The van der Waals surface area contributed by atoms with Gasteiger partial charge in [0.1, 0.15) is 5.75 Å². The molecule has 0 radical (unpaired) electrons. The van der Waals surface area contributed by atoms with Gasteiger partial charge in [-0.05, 0) is 37.6 Å². The van der Waals surface area contributed by atoms with Crippen molar-refractivity contribution in [1.29, 1.82) is 0 Å². The Morgan fingerprint density at radius 1 is 1.09 bits per heavy atom. The maximum absolute atomic E-state index is 12.6. The summed E-state index contributed by atoms with van der Waals surface area (Å²) in [6.07, 6.45) is 0.815. The highest BCUT2D eigenvalue weighted by Crippen LogP contribution is 2.25. The molecule has 0 fully saturated rings. The van der Waals surface area contributed by atoms with E-state index in [9.17, 15) is 4.79 Å². The monoisotopic (exact) mass is 375 g/mol. The van der Waals surface area contributed by atoms with Crippen LogP contribution in [-0.4, -0.2) is 30.5 Å². The largest absolute Gasteiger partial charge is 0.492 e. The SMILES string of the molecule is CCN(CC)C(=O)c1cc(Br)ccc1OCCc1ccccc1. The number of benzene rings is 2. The van der Waals surface area contributed by atoms with E-state index in [1.807, 2.05) is 50.2 Å². The van der Waals surface area contributed by atoms with Crippen molar-refractivity contribution in [3.8, 4) is 5.75 Å². The molecule has 0 saturated heterocycles. The van der Waals surface area contributed by atoms with E-state index in [0.29, 0.717) is 31.0 Å². The Bertz CT molecular complexity index is 639. The molecule has 0 aromatic heterocycles. The first-order chi connectivity index (χ1) is 11.2. The molecule has 0 atom stereocenters. The third-order valence-corrected chi connectivity index (χ3v) is 4.21. The average Bonchev–Trinajstić information content (AvgIpc) is 2.58. The van der Waals surface area contributed by atoms with Crippen molar-refractivity contribution < 1.29 is 9.53 Å². The first-order valence-corrected chi connectivity index (χ1v) is 8.70. The van der Waals surface area contributed by atoms with Crippen molar-refractivity contribution in [3.63, 3.8) is 0 Å². The lowest BCUT2D eigenvalue weighted by atomic mass is 10.1. The van der Waals surface area contributed by atoms with Crippen LogP contribution in [0.5, 0.6) is 5.75 Å². The Morgan fingerprint density at radius 3 is 2.43 bits per heavy atom. The Kier molecular flexibility index (Phi) is 6.66. The van der Waals surface area contributed by atoms with Gasteiger partial charge in [0.05, 0.1) is 12.2 Å². The van der Waals surface area contributed by atoms with E-state index in [4.69, 9.17) is 4.74 Å². The number of carbonyl (C=O) groups is 1. The van der Waals surface area contributed by atoms with Gasteiger partial charge < -0.3 is 9.64 Å². The Labute approximate surface area is 146 Å². The van der Waals surface area contributed by atoms with Gasteiger partial charge in [-0.1, -0.05) is 46.3 Å². The third-order valence-electron chi connectivity index (χ3n) is 3.71. The average molecular weight is 376 g/mol. The Balaban J connectivity index is 2.10. The van der Waals surface area contributed by atoms with E-state index in [0.717, 1.165) is 10.9 Å². The van der Waals surface area contributed by atoms with Crippen LogP contribution in [0.1, 0.15) is 29.8 Å². The molecule has 2 rings (SSSR count). The number of ether oxygens (including phenoxy) is 1. The van der Waals surface area contributed by atoms with Crippen molar-refractivity contribution in [2.45, 2.75) is 20.3 Å². The minimum absolute atomic E-state index is 0.00557. The Hall–Kier alpha value is -1.81. The zero-order chi connectivity index (χ0) is 16.7. The lowest BCUT2D eigenvalue weighted by molar-refractivity contribution is 0.0768. The minimum Gasteiger partial charge on any atom is -0.492 e. The number of halogens is 1. The molecule has 0 unspecified atom stereocenters. The summed E-state index contributed by atoms with van der Waals surface area (Å²) in [6.45, 7) is 5.88. The highest BCUT2D eigenvalue weighted by atomic mass is 79.9. The highest BCUT2D eigenvalue weighted by molar-refractivity contribution is 9.10. The summed E-state index contributed by atoms with van der Waals surface area (Å²) >= 11 is 3.44. The molecule has 0 bridgehead atoms. The van der Waals surface area contributed by atoms with Crippen molar-refractivity contribution in [2.24, 2.45) is 0 Å². The van der Waals surface area contributed by atoms with Crippen LogP contribution in [0.3, 0.4) is 0 Å². The van der Waals surface area contributed by atoms with Crippen LogP contribution in [0.15, 0.2) is 53.0 Å². The van der Waals surface area contributed by atoms with E-state index < -0.39 is 0 Å². The second-order valence-electron chi connectivity index (χ2n) is 5.20. The van der Waals surface area contributed by atoms with Crippen molar-refractivity contribution in [1.82, 2.24) is 4.90 Å². The predicted octanol–water partition coefficient (Wildman–Crippen LogP) is 4.55. The molecule has 0 spiro atoms. The molecule has 2 aromatic carbocycles. The highest BCUT2D eigenvalue weighted by Gasteiger charge is 2.18. The molecule has 0 aliphatic heterocycles. The summed E-state index contributed by atoms with van der Waals surface area (Å²) in [4.78, 5) is 14.4. The van der Waals surface area contributed by atoms with E-state index in [-0.39, 0.29) is 5.91 Å². The molecule has 4 heteroatoms. The third kappa shape index (κ3) is 4.83. The molecular formula is C19H22BrNO2. The normalized spacial score (nSPS) is 10.4. The number of nitrogens with zero attached hydrogens (tertiary/aromatic N) is 1. The van der Waals surface area contributed by atoms with Crippen LogP contribution in [-0.2, 0) is 6.42 Å². The lowest BCUT2D eigenvalue weighted by Gasteiger charge is -2.20. The summed E-state index contributed by atoms with van der Waals surface area (Å²) in [7, 11) is 0. The number of hydrogen-bond donors (Lipinski definition) is 0. The van der Waals surface area contributed by atoms with Gasteiger partial charge >= 0.3 is 0 Å². The summed E-state index contributed by atoms with van der Waals surface area (Å²) in [5.41, 5.74) is 1.83. The molecule has 2 aromatic rings. The maximum Gasteiger partial charge on any atom is 0.257 e. The zero-order valence-electron chi connectivity index (χ0n) is 13.6. The quantitative estimate of drug-likeness (QED) is 0.710. The zero-order valence-corrected chi connectivity index (χ0v) is 15.2. The van der Waals surface area contributed by atoms with E-state index in [1.54, 1.807) is 4.90 Å². The lowest BCUT2D eigenvalue weighted by Crippen LogP contribution is -2.30. The molecule has 0 aliphatic rings. The van der Waals surface area contributed by atoms with Gasteiger partial charge in [0.2, 0.25) is 0 Å². The first kappa shape index (κ1) is 17.5. The molecule has 23 heavy (non-hydrogen) atoms. The molecule has 0 saturated carbocycles. The molecule has 0 N–H and O–H groups in total. The number of hydrogen-bond acceptors (Lipinski definition) is 2. The topological polar surface area (TPSA) is 29.5 Å². The van der Waals surface area contributed by atoms with Crippen LogP contribution in [0.4, 0.5) is 0 Å². The predicted molar refractivity (Wildman–Crippen MR) is 97.0 cm³/mol. The summed E-state index contributed by atoms with van der Waals surface area (Å²) < 4.78 is 6.77. The molecule has 122 valence electrons. The first-order valence-electron chi connectivity index (χ1n) is 7.91. The molecule has 1 amide bonds. The van der Waals surface area contributed by atoms with Gasteiger partial charge in [0.25, 0.3) is 5.91 Å². The number of rotatable bonds is 7. The Morgan fingerprint density at radius 2 is 1.78 bits per heavy atom. The van der Waals surface area contributed by atoms with Crippen LogP contribution in [0.2, 0.25) is 0 Å². The van der Waals surface area contributed by atoms with Crippen LogP contribution in [0, 0.1) is 0 Å². The van der Waals surface area contributed by atoms with Crippen molar-refractivity contribution >= 4 is 21.8 Å². The van der Waals surface area contributed by atoms with Gasteiger partial charge in [0.15, 0.2) is 0 Å². The fourth-order valence-corrected chi connectivity index (χ4v) is 2.76. The maximum atomic E-state index is 12.6. The van der Waals surface area contributed by atoms with E-state index in [1.165, 1.54) is 5.56 Å². The second-order valence-corrected chi connectivity index (χ2v) is 6.12. The molecule has 3 nitrogen and oxygen atoms in total. The minimum atomic E-state index is 0.00557. The van der Waals surface area contributed by atoms with Crippen molar-refractivity contribution in [2.75, 3.05) is 19.7 Å². The fraction of sp³-hybridized carbons (Fsp3) is 0.316. The van der Waals surface area contributed by atoms with Crippen molar-refractivity contribution in [3.05, 3.63) is 64.1 Å². The second kappa shape index (κ2) is 8.73.